The van der Waals surface area contributed by atoms with Crippen molar-refractivity contribution in [3.8, 4) is 5.75 Å². The number of ether oxygens (including phenoxy) is 3. The molecule has 0 radical (unpaired) electrons. The van der Waals surface area contributed by atoms with Crippen LogP contribution in [-0.4, -0.2) is 59.6 Å². The Morgan fingerprint density at radius 1 is 1.32 bits per heavy atom. The largest absolute Gasteiger partial charge is 0.497 e. The molecule has 1 atom stereocenters. The predicted octanol–water partition coefficient (Wildman–Crippen LogP) is 3.20. The number of aliphatic imine (C=N–C) groups is 1. The van der Waals surface area contributed by atoms with Crippen LogP contribution in [0.5, 0.6) is 5.75 Å². The van der Waals surface area contributed by atoms with E-state index in [1.807, 2.05) is 12.1 Å². The van der Waals surface area contributed by atoms with Crippen LogP contribution >= 0.6 is 24.0 Å². The molecule has 1 aromatic rings. The summed E-state index contributed by atoms with van der Waals surface area (Å²) in [4.78, 5) is 4.31. The highest BCUT2D eigenvalue weighted by atomic mass is 127. The van der Waals surface area contributed by atoms with E-state index in [1.54, 1.807) is 14.2 Å². The zero-order valence-corrected chi connectivity index (χ0v) is 20.0. The predicted molar refractivity (Wildman–Crippen MR) is 125 cm³/mol. The summed E-state index contributed by atoms with van der Waals surface area (Å²) >= 11 is 0. The molecule has 1 aliphatic heterocycles. The van der Waals surface area contributed by atoms with Crippen molar-refractivity contribution in [2.45, 2.75) is 32.1 Å². The van der Waals surface area contributed by atoms with Gasteiger partial charge in [0.1, 0.15) is 5.75 Å². The monoisotopic (exact) mass is 505 g/mol. The first-order chi connectivity index (χ1) is 13.0. The summed E-state index contributed by atoms with van der Waals surface area (Å²) in [6, 6.07) is 8.22. The Balaban J connectivity index is 0.00000392. The molecule has 1 aliphatic rings. The average molecular weight is 505 g/mol. The number of guanidine groups is 1. The van der Waals surface area contributed by atoms with E-state index in [1.165, 1.54) is 5.56 Å². The van der Waals surface area contributed by atoms with Gasteiger partial charge in [0.05, 0.1) is 20.3 Å². The smallest absolute Gasteiger partial charge is 0.191 e. The van der Waals surface area contributed by atoms with E-state index in [0.717, 1.165) is 64.1 Å². The van der Waals surface area contributed by atoms with Crippen LogP contribution in [0.1, 0.15) is 32.3 Å². The van der Waals surface area contributed by atoms with E-state index in [0.29, 0.717) is 5.92 Å². The molecule has 1 heterocycles. The van der Waals surface area contributed by atoms with Crippen molar-refractivity contribution >= 4 is 29.9 Å². The van der Waals surface area contributed by atoms with Crippen molar-refractivity contribution < 1.29 is 14.2 Å². The molecule has 0 spiro atoms. The average Bonchev–Trinajstić information content (AvgIpc) is 3.20. The standard InChI is InChI=1S/C21H35N3O3.HI/c1-21(2,18-7-5-8-19(13-18)25-4)16-24-20(22-3)23-10-6-11-26-14-17-9-12-27-15-17;/h5,7-8,13,17H,6,9-12,14-16H2,1-4H3,(H2,22,23,24);1H. The second-order valence-corrected chi connectivity index (χ2v) is 7.63. The van der Waals surface area contributed by atoms with E-state index in [4.69, 9.17) is 14.2 Å². The van der Waals surface area contributed by atoms with Crippen molar-refractivity contribution in [3.63, 3.8) is 0 Å². The highest BCUT2D eigenvalue weighted by Crippen LogP contribution is 2.25. The lowest BCUT2D eigenvalue weighted by Crippen LogP contribution is -2.43. The molecule has 1 unspecified atom stereocenters. The van der Waals surface area contributed by atoms with Gasteiger partial charge in [-0.05, 0) is 30.5 Å². The van der Waals surface area contributed by atoms with Gasteiger partial charge in [-0.15, -0.1) is 24.0 Å². The molecule has 6 nitrogen and oxygen atoms in total. The summed E-state index contributed by atoms with van der Waals surface area (Å²) < 4.78 is 16.4. The number of hydrogen-bond donors (Lipinski definition) is 2. The van der Waals surface area contributed by atoms with Gasteiger partial charge in [0, 0.05) is 44.7 Å². The van der Waals surface area contributed by atoms with Crippen LogP contribution in [0.25, 0.3) is 0 Å². The number of nitrogens with zero attached hydrogens (tertiary/aromatic N) is 1. The van der Waals surface area contributed by atoms with Crippen LogP contribution < -0.4 is 15.4 Å². The second-order valence-electron chi connectivity index (χ2n) is 7.63. The zero-order valence-electron chi connectivity index (χ0n) is 17.6. The van der Waals surface area contributed by atoms with Crippen LogP contribution in [0.15, 0.2) is 29.3 Å². The van der Waals surface area contributed by atoms with Gasteiger partial charge < -0.3 is 24.8 Å². The number of hydrogen-bond acceptors (Lipinski definition) is 4. The van der Waals surface area contributed by atoms with E-state index < -0.39 is 0 Å². The molecular formula is C21H36IN3O3. The first-order valence-electron chi connectivity index (χ1n) is 9.79. The molecule has 160 valence electrons. The molecule has 0 amide bonds. The Hall–Kier alpha value is -1.06. The highest BCUT2D eigenvalue weighted by Gasteiger charge is 2.21. The lowest BCUT2D eigenvalue weighted by Gasteiger charge is -2.27. The molecule has 2 N–H and O–H groups in total. The molecule has 0 aliphatic carbocycles. The Morgan fingerprint density at radius 3 is 2.82 bits per heavy atom. The Bertz CT molecular complexity index is 590. The number of benzene rings is 1. The first kappa shape index (κ1) is 25.0. The molecule has 28 heavy (non-hydrogen) atoms. The summed E-state index contributed by atoms with van der Waals surface area (Å²) in [5.41, 5.74) is 1.19. The van der Waals surface area contributed by atoms with E-state index in [2.05, 4.69) is 41.6 Å². The zero-order chi connectivity index (χ0) is 19.5. The van der Waals surface area contributed by atoms with Crippen molar-refractivity contribution in [1.29, 1.82) is 0 Å². The quantitative estimate of drug-likeness (QED) is 0.221. The summed E-state index contributed by atoms with van der Waals surface area (Å²) in [5.74, 6) is 2.27. The van der Waals surface area contributed by atoms with Crippen molar-refractivity contribution in [2.75, 3.05) is 53.7 Å². The number of rotatable bonds is 10. The van der Waals surface area contributed by atoms with Crippen molar-refractivity contribution in [2.24, 2.45) is 10.9 Å². The van der Waals surface area contributed by atoms with Gasteiger partial charge in [-0.1, -0.05) is 26.0 Å². The van der Waals surface area contributed by atoms with E-state index in [-0.39, 0.29) is 29.4 Å². The van der Waals surface area contributed by atoms with E-state index >= 15 is 0 Å². The van der Waals surface area contributed by atoms with Crippen LogP contribution in [0, 0.1) is 5.92 Å². The molecule has 2 rings (SSSR count). The van der Waals surface area contributed by atoms with Gasteiger partial charge in [-0.3, -0.25) is 4.99 Å². The second kappa shape index (κ2) is 13.2. The molecular weight excluding hydrogens is 469 g/mol. The minimum Gasteiger partial charge on any atom is -0.497 e. The molecule has 0 saturated carbocycles. The maximum atomic E-state index is 5.73. The Kier molecular flexibility index (Phi) is 11.8. The van der Waals surface area contributed by atoms with Crippen LogP contribution in [0.2, 0.25) is 0 Å². The molecule has 1 fully saturated rings. The third-order valence-electron chi connectivity index (χ3n) is 4.91. The number of nitrogens with one attached hydrogen (secondary N) is 2. The molecule has 7 heteroatoms. The van der Waals surface area contributed by atoms with Crippen LogP contribution in [0.3, 0.4) is 0 Å². The van der Waals surface area contributed by atoms with Gasteiger partial charge in [-0.25, -0.2) is 0 Å². The fraction of sp³-hybridized carbons (Fsp3) is 0.667. The van der Waals surface area contributed by atoms with Crippen LogP contribution in [-0.2, 0) is 14.9 Å². The van der Waals surface area contributed by atoms with Gasteiger partial charge in [-0.2, -0.15) is 0 Å². The molecule has 0 bridgehead atoms. The normalized spacial score (nSPS) is 17.1. The summed E-state index contributed by atoms with van der Waals surface area (Å²) in [6.07, 6.45) is 2.07. The minimum atomic E-state index is -0.0430. The van der Waals surface area contributed by atoms with Crippen molar-refractivity contribution in [3.05, 3.63) is 29.8 Å². The van der Waals surface area contributed by atoms with Crippen molar-refractivity contribution in [1.82, 2.24) is 10.6 Å². The third-order valence-corrected chi connectivity index (χ3v) is 4.91. The summed E-state index contributed by atoms with van der Waals surface area (Å²) in [5, 5.41) is 6.78. The van der Waals surface area contributed by atoms with Gasteiger partial charge in [0.2, 0.25) is 0 Å². The molecule has 1 saturated heterocycles. The van der Waals surface area contributed by atoms with Gasteiger partial charge >= 0.3 is 0 Å². The summed E-state index contributed by atoms with van der Waals surface area (Å²) in [7, 11) is 3.49. The van der Waals surface area contributed by atoms with Crippen LogP contribution in [0.4, 0.5) is 0 Å². The van der Waals surface area contributed by atoms with Gasteiger partial charge in [0.25, 0.3) is 0 Å². The molecule has 0 aromatic heterocycles. The lowest BCUT2D eigenvalue weighted by molar-refractivity contribution is 0.0888. The Labute approximate surface area is 186 Å². The van der Waals surface area contributed by atoms with E-state index in [9.17, 15) is 0 Å². The number of methoxy groups -OCH3 is 1. The van der Waals surface area contributed by atoms with Gasteiger partial charge in [0.15, 0.2) is 5.96 Å². The molecule has 1 aromatic carbocycles. The fourth-order valence-electron chi connectivity index (χ4n) is 3.02. The Morgan fingerprint density at radius 2 is 2.14 bits per heavy atom. The third kappa shape index (κ3) is 8.53. The first-order valence-corrected chi connectivity index (χ1v) is 9.79. The minimum absolute atomic E-state index is 0. The summed E-state index contributed by atoms with van der Waals surface area (Å²) in [6.45, 7) is 9.32. The SMILES string of the molecule is CN=C(NCCCOCC1CCOC1)NCC(C)(C)c1cccc(OC)c1.I. The topological polar surface area (TPSA) is 64.1 Å². The number of halogens is 1. The highest BCUT2D eigenvalue weighted by molar-refractivity contribution is 14.0. The maximum absolute atomic E-state index is 5.73. The maximum Gasteiger partial charge on any atom is 0.191 e. The fourth-order valence-corrected chi connectivity index (χ4v) is 3.02. The lowest BCUT2D eigenvalue weighted by atomic mass is 9.84.